The molecule has 260 valence electrons. The van der Waals surface area contributed by atoms with Crippen molar-refractivity contribution < 1.29 is 63.9 Å². The van der Waals surface area contributed by atoms with E-state index in [1.54, 1.807) is 0 Å². The Bertz CT molecular complexity index is 994. The molecule has 2 fully saturated rings. The van der Waals surface area contributed by atoms with Gasteiger partial charge in [0.15, 0.2) is 0 Å². The monoisotopic (exact) mass is 714 g/mol. The lowest BCUT2D eigenvalue weighted by Crippen LogP contribution is -2.38. The molecular formula is C24H50N2O14P4. The topological polar surface area (TPSA) is 199 Å². The number of nitrogens with one attached hydrogen (secondary N) is 1. The van der Waals surface area contributed by atoms with Crippen molar-refractivity contribution in [1.29, 1.82) is 0 Å². The standard InChI is InChI=1S/C24H50N2O14P4/c1-18(2)35-13-14-41-17-24(27)26-12-11-23(25)38-21-15-20(19-9-7-8-10-19)37-22(21)16-36-43(29,33-5)40-44(30,34-6)39-42(28,31-3)32-4/h18-23,41H,7-17,25H2,1-6H3,(H,26,27)/t20-,21-,22?,23?,43?,44?/m1/s1. The second-order valence-corrected chi connectivity index (χ2v) is 17.5. The fourth-order valence-corrected chi connectivity index (χ4v) is 9.93. The Morgan fingerprint density at radius 2 is 1.59 bits per heavy atom. The lowest BCUT2D eigenvalue weighted by atomic mass is 9.97. The zero-order valence-corrected chi connectivity index (χ0v) is 30.1. The number of carbonyl (C=O) groups is 1. The highest BCUT2D eigenvalue weighted by molar-refractivity contribution is 7.67. The van der Waals surface area contributed by atoms with Crippen LogP contribution in [0.4, 0.5) is 0 Å². The minimum atomic E-state index is -4.82. The number of phosphoric ester groups is 2. The van der Waals surface area contributed by atoms with Gasteiger partial charge in [0, 0.05) is 54.0 Å². The normalized spacial score (nSPS) is 25.0. The maximum atomic E-state index is 13.3. The summed E-state index contributed by atoms with van der Waals surface area (Å²) in [6.07, 6.45) is 4.44. The molecule has 5 unspecified atom stereocenters. The molecule has 2 rings (SSSR count). The summed E-state index contributed by atoms with van der Waals surface area (Å²) in [4.78, 5) is 12.2. The first kappa shape index (κ1) is 40.3. The Morgan fingerprint density at radius 3 is 2.18 bits per heavy atom. The summed E-state index contributed by atoms with van der Waals surface area (Å²) < 4.78 is 90.4. The highest BCUT2D eigenvalue weighted by atomic mass is 31.3. The van der Waals surface area contributed by atoms with Crippen molar-refractivity contribution in [3.8, 4) is 0 Å². The van der Waals surface area contributed by atoms with Crippen molar-refractivity contribution >= 4 is 38.0 Å². The zero-order valence-electron chi connectivity index (χ0n) is 26.4. The van der Waals surface area contributed by atoms with E-state index >= 15 is 0 Å². The molecule has 20 heteroatoms. The minimum Gasteiger partial charge on any atom is -0.378 e. The highest BCUT2D eigenvalue weighted by Gasteiger charge is 2.47. The average molecular weight is 715 g/mol. The quantitative estimate of drug-likeness (QED) is 0.0847. The smallest absolute Gasteiger partial charge is 0.378 e. The van der Waals surface area contributed by atoms with Gasteiger partial charge in [0.05, 0.1) is 31.5 Å². The van der Waals surface area contributed by atoms with E-state index in [4.69, 9.17) is 42.1 Å². The Labute approximate surface area is 262 Å². The Hall–Kier alpha value is 0.150. The van der Waals surface area contributed by atoms with E-state index in [2.05, 4.69) is 14.4 Å². The Kier molecular flexibility index (Phi) is 18.2. The molecule has 1 aliphatic heterocycles. The van der Waals surface area contributed by atoms with E-state index in [0.29, 0.717) is 46.7 Å². The largest absolute Gasteiger partial charge is 0.492 e. The van der Waals surface area contributed by atoms with E-state index in [9.17, 15) is 18.5 Å². The number of hydrogen-bond donors (Lipinski definition) is 2. The number of carbonyl (C=O) groups excluding carboxylic acids is 1. The maximum absolute atomic E-state index is 13.3. The molecule has 3 N–H and O–H groups in total. The van der Waals surface area contributed by atoms with Crippen molar-refractivity contribution in [2.24, 2.45) is 11.7 Å². The third-order valence-electron chi connectivity index (χ3n) is 6.96. The molecule has 2 aliphatic rings. The van der Waals surface area contributed by atoms with Crippen LogP contribution in [0.15, 0.2) is 0 Å². The van der Waals surface area contributed by atoms with Crippen LogP contribution in [-0.4, -0.2) is 97.1 Å². The maximum Gasteiger partial charge on any atom is 0.492 e. The molecule has 0 aromatic heterocycles. The van der Waals surface area contributed by atoms with Gasteiger partial charge >= 0.3 is 23.5 Å². The fraction of sp³-hybridized carbons (Fsp3) is 0.958. The SMILES string of the molecule is COP(=O)(OC)OP(=O)(OC)OP(=O)(OC)OCC1O[C@@H](C2CCCC2)C[C@H]1OC(N)CCNC(=O)CPCCOC(C)C. The summed E-state index contributed by atoms with van der Waals surface area (Å²) in [6.45, 7) is 4.56. The van der Waals surface area contributed by atoms with E-state index in [1.807, 2.05) is 13.8 Å². The van der Waals surface area contributed by atoms with Gasteiger partial charge in [0.25, 0.3) is 0 Å². The molecule has 1 saturated heterocycles. The molecule has 16 nitrogen and oxygen atoms in total. The van der Waals surface area contributed by atoms with Gasteiger partial charge < -0.3 is 25.3 Å². The van der Waals surface area contributed by atoms with Crippen LogP contribution in [0.25, 0.3) is 0 Å². The Morgan fingerprint density at radius 1 is 0.977 bits per heavy atom. The lowest BCUT2D eigenvalue weighted by Gasteiger charge is -2.26. The van der Waals surface area contributed by atoms with E-state index in [0.717, 1.165) is 60.3 Å². The van der Waals surface area contributed by atoms with Crippen molar-refractivity contribution in [3.05, 3.63) is 0 Å². The van der Waals surface area contributed by atoms with Gasteiger partial charge in [-0.2, -0.15) is 8.62 Å². The summed E-state index contributed by atoms with van der Waals surface area (Å²) in [5, 5.41) is 2.86. The number of hydrogen-bond acceptors (Lipinski definition) is 15. The molecule has 0 radical (unpaired) electrons. The summed E-state index contributed by atoms with van der Waals surface area (Å²) in [5.41, 5.74) is 6.25. The molecule has 0 spiro atoms. The lowest BCUT2D eigenvalue weighted by molar-refractivity contribution is -0.118. The van der Waals surface area contributed by atoms with Crippen molar-refractivity contribution in [2.45, 2.75) is 83.0 Å². The van der Waals surface area contributed by atoms with Crippen LogP contribution in [0.3, 0.4) is 0 Å². The minimum absolute atomic E-state index is 0.0585. The molecule has 0 aromatic carbocycles. The number of rotatable bonds is 23. The van der Waals surface area contributed by atoms with E-state index in [1.165, 1.54) is 0 Å². The predicted molar refractivity (Wildman–Crippen MR) is 164 cm³/mol. The predicted octanol–water partition coefficient (Wildman–Crippen LogP) is 4.57. The summed E-state index contributed by atoms with van der Waals surface area (Å²) in [5.74, 6) is 0.273. The Balaban J connectivity index is 1.94. The molecule has 7 atom stereocenters. The van der Waals surface area contributed by atoms with Gasteiger partial charge in [0.2, 0.25) is 5.91 Å². The summed E-state index contributed by atoms with van der Waals surface area (Å²) in [6, 6.07) is 0. The van der Waals surface area contributed by atoms with Crippen LogP contribution in [0.5, 0.6) is 0 Å². The van der Waals surface area contributed by atoms with Gasteiger partial charge in [-0.25, -0.2) is 13.7 Å². The first-order chi connectivity index (χ1) is 20.8. The molecule has 1 saturated carbocycles. The molecule has 1 amide bonds. The highest BCUT2D eigenvalue weighted by Crippen LogP contribution is 2.72. The van der Waals surface area contributed by atoms with Gasteiger partial charge in [-0.15, -0.1) is 8.58 Å². The van der Waals surface area contributed by atoms with Gasteiger partial charge in [-0.05, 0) is 38.8 Å². The third kappa shape index (κ3) is 14.1. The van der Waals surface area contributed by atoms with Gasteiger partial charge in [-0.1, -0.05) is 12.8 Å². The van der Waals surface area contributed by atoms with Crippen LogP contribution in [0, 0.1) is 5.92 Å². The number of ether oxygens (including phenoxy) is 3. The van der Waals surface area contributed by atoms with Crippen LogP contribution < -0.4 is 11.1 Å². The zero-order chi connectivity index (χ0) is 32.8. The third-order valence-corrected chi connectivity index (χ3v) is 13.5. The van der Waals surface area contributed by atoms with E-state index < -0.39 is 41.9 Å². The van der Waals surface area contributed by atoms with E-state index in [-0.39, 0.29) is 24.7 Å². The first-order valence-electron chi connectivity index (χ1n) is 14.6. The first-order valence-corrected chi connectivity index (χ1v) is 20.3. The average Bonchev–Trinajstić information content (AvgIpc) is 3.66. The molecule has 44 heavy (non-hydrogen) atoms. The molecule has 1 aliphatic carbocycles. The molecule has 0 aromatic rings. The van der Waals surface area contributed by atoms with Crippen LogP contribution in [0.1, 0.15) is 52.4 Å². The number of phosphoric acid groups is 3. The fourth-order valence-electron chi connectivity index (χ4n) is 4.69. The summed E-state index contributed by atoms with van der Waals surface area (Å²) in [7, 11) is -9.44. The van der Waals surface area contributed by atoms with Crippen molar-refractivity contribution in [3.63, 3.8) is 0 Å². The number of nitrogens with two attached hydrogens (primary N) is 1. The second-order valence-electron chi connectivity index (χ2n) is 10.5. The van der Waals surface area contributed by atoms with Crippen molar-refractivity contribution in [2.75, 3.05) is 60.5 Å². The number of amides is 1. The van der Waals surface area contributed by atoms with Gasteiger partial charge in [-0.3, -0.25) is 27.4 Å². The second kappa shape index (κ2) is 19.8. The van der Waals surface area contributed by atoms with Crippen LogP contribution >= 0.6 is 32.0 Å². The van der Waals surface area contributed by atoms with Gasteiger partial charge in [0.1, 0.15) is 12.3 Å². The molecule has 1 heterocycles. The summed E-state index contributed by atoms with van der Waals surface area (Å²) >= 11 is 0. The van der Waals surface area contributed by atoms with Crippen LogP contribution in [0.2, 0.25) is 0 Å². The van der Waals surface area contributed by atoms with Crippen LogP contribution in [-0.2, 0) is 63.9 Å². The van der Waals surface area contributed by atoms with Crippen molar-refractivity contribution in [1.82, 2.24) is 5.32 Å². The molecular weight excluding hydrogens is 664 g/mol. The molecule has 0 bridgehead atoms.